The van der Waals surface area contributed by atoms with E-state index in [2.05, 4.69) is 15.3 Å². The zero-order valence-corrected chi connectivity index (χ0v) is 11.4. The van der Waals surface area contributed by atoms with Gasteiger partial charge in [-0.2, -0.15) is 0 Å². The van der Waals surface area contributed by atoms with E-state index in [0.29, 0.717) is 23.1 Å². The first kappa shape index (κ1) is 13.0. The average molecular weight is 288 g/mol. The van der Waals surface area contributed by atoms with Crippen molar-refractivity contribution in [3.63, 3.8) is 0 Å². The first-order valence-electron chi connectivity index (χ1n) is 6.35. The highest BCUT2D eigenvalue weighted by Gasteiger charge is 2.11. The van der Waals surface area contributed by atoms with E-state index in [0.717, 1.165) is 11.0 Å². The van der Waals surface area contributed by atoms with Gasteiger partial charge in [-0.25, -0.2) is 4.98 Å². The number of anilines is 1. The number of aliphatic hydroxyl groups excluding tert-OH is 1. The Balaban J connectivity index is 1.71. The van der Waals surface area contributed by atoms with Crippen LogP contribution in [0, 0.1) is 0 Å². The minimum absolute atomic E-state index is 0.337. The van der Waals surface area contributed by atoms with Gasteiger partial charge in [0.15, 0.2) is 0 Å². The number of benzene rings is 2. The lowest BCUT2D eigenvalue weighted by Crippen LogP contribution is -2.13. The Bertz CT molecular complexity index is 693. The lowest BCUT2D eigenvalue weighted by molar-refractivity contribution is 0.191. The number of aromatic amines is 1. The van der Waals surface area contributed by atoms with Crippen molar-refractivity contribution >= 4 is 28.6 Å². The second-order valence-corrected chi connectivity index (χ2v) is 4.93. The van der Waals surface area contributed by atoms with Crippen LogP contribution in [0.3, 0.4) is 0 Å². The van der Waals surface area contributed by atoms with Crippen LogP contribution in [0.1, 0.15) is 11.7 Å². The van der Waals surface area contributed by atoms with E-state index in [4.69, 9.17) is 11.6 Å². The number of rotatable bonds is 4. The highest BCUT2D eigenvalue weighted by molar-refractivity contribution is 6.31. The highest BCUT2D eigenvalue weighted by Crippen LogP contribution is 2.23. The number of nitrogens with zero attached hydrogens (tertiary/aromatic N) is 1. The third-order valence-electron chi connectivity index (χ3n) is 3.12. The molecule has 20 heavy (non-hydrogen) atoms. The van der Waals surface area contributed by atoms with E-state index in [1.165, 1.54) is 0 Å². The van der Waals surface area contributed by atoms with Crippen molar-refractivity contribution in [2.75, 3.05) is 11.9 Å². The van der Waals surface area contributed by atoms with Crippen LogP contribution >= 0.6 is 11.6 Å². The SMILES string of the molecule is OC(CNc1nc2ccccc2[nH]1)c1ccccc1Cl. The van der Waals surface area contributed by atoms with Gasteiger partial charge < -0.3 is 15.4 Å². The number of aliphatic hydroxyl groups is 1. The molecule has 0 saturated carbocycles. The molecule has 1 aromatic heterocycles. The fourth-order valence-corrected chi connectivity index (χ4v) is 2.35. The molecule has 3 rings (SSSR count). The van der Waals surface area contributed by atoms with Crippen molar-refractivity contribution in [2.24, 2.45) is 0 Å². The summed E-state index contributed by atoms with van der Waals surface area (Å²) in [6.07, 6.45) is -0.683. The van der Waals surface area contributed by atoms with E-state index in [9.17, 15) is 5.11 Å². The molecule has 0 amide bonds. The highest BCUT2D eigenvalue weighted by atomic mass is 35.5. The van der Waals surface area contributed by atoms with Gasteiger partial charge in [-0.3, -0.25) is 0 Å². The summed E-state index contributed by atoms with van der Waals surface area (Å²) in [4.78, 5) is 7.54. The molecule has 0 fully saturated rings. The van der Waals surface area contributed by atoms with Crippen LogP contribution in [0.4, 0.5) is 5.95 Å². The van der Waals surface area contributed by atoms with E-state index >= 15 is 0 Å². The van der Waals surface area contributed by atoms with Gasteiger partial charge in [0, 0.05) is 17.1 Å². The predicted octanol–water partition coefficient (Wildman–Crippen LogP) is 3.36. The van der Waals surface area contributed by atoms with Crippen LogP contribution in [0.2, 0.25) is 5.02 Å². The van der Waals surface area contributed by atoms with Gasteiger partial charge >= 0.3 is 0 Å². The Morgan fingerprint density at radius 3 is 2.70 bits per heavy atom. The molecule has 1 unspecified atom stereocenters. The number of hydrogen-bond acceptors (Lipinski definition) is 3. The van der Waals surface area contributed by atoms with Crippen LogP contribution in [0.25, 0.3) is 11.0 Å². The monoisotopic (exact) mass is 287 g/mol. The number of aromatic nitrogens is 2. The molecule has 0 aliphatic carbocycles. The molecule has 0 aliphatic rings. The fourth-order valence-electron chi connectivity index (χ4n) is 2.09. The molecule has 4 nitrogen and oxygen atoms in total. The van der Waals surface area contributed by atoms with E-state index in [1.54, 1.807) is 6.07 Å². The molecule has 0 aliphatic heterocycles. The Morgan fingerprint density at radius 2 is 1.90 bits per heavy atom. The molecule has 102 valence electrons. The minimum Gasteiger partial charge on any atom is -0.387 e. The molecule has 2 aromatic carbocycles. The Kier molecular flexibility index (Phi) is 3.58. The number of H-pyrrole nitrogens is 1. The number of halogens is 1. The maximum Gasteiger partial charge on any atom is 0.201 e. The summed E-state index contributed by atoms with van der Waals surface area (Å²) in [6.45, 7) is 0.337. The minimum atomic E-state index is -0.683. The van der Waals surface area contributed by atoms with Crippen LogP contribution < -0.4 is 5.32 Å². The number of imidazole rings is 1. The zero-order chi connectivity index (χ0) is 13.9. The lowest BCUT2D eigenvalue weighted by atomic mass is 10.1. The van der Waals surface area contributed by atoms with Crippen LogP contribution in [-0.4, -0.2) is 21.6 Å². The summed E-state index contributed by atoms with van der Waals surface area (Å²) in [6, 6.07) is 15.0. The Morgan fingerprint density at radius 1 is 1.15 bits per heavy atom. The summed E-state index contributed by atoms with van der Waals surface area (Å²) in [5.41, 5.74) is 2.56. The molecule has 3 N–H and O–H groups in total. The normalized spacial score (nSPS) is 12.5. The zero-order valence-electron chi connectivity index (χ0n) is 10.7. The van der Waals surface area contributed by atoms with Gasteiger partial charge in [-0.1, -0.05) is 41.9 Å². The van der Waals surface area contributed by atoms with Gasteiger partial charge in [0.2, 0.25) is 5.95 Å². The van der Waals surface area contributed by atoms with Gasteiger partial charge in [0.05, 0.1) is 17.1 Å². The second-order valence-electron chi connectivity index (χ2n) is 4.52. The van der Waals surface area contributed by atoms with Crippen LogP contribution in [-0.2, 0) is 0 Å². The Hall–Kier alpha value is -2.04. The molecular formula is C15H14ClN3O. The molecule has 5 heteroatoms. The van der Waals surface area contributed by atoms with Crippen LogP contribution in [0.5, 0.6) is 0 Å². The molecular weight excluding hydrogens is 274 g/mol. The van der Waals surface area contributed by atoms with Crippen molar-refractivity contribution in [3.8, 4) is 0 Å². The smallest absolute Gasteiger partial charge is 0.201 e. The second kappa shape index (κ2) is 5.53. The standard InChI is InChI=1S/C15H14ClN3O/c16-11-6-2-1-5-10(11)14(20)9-17-15-18-12-7-3-4-8-13(12)19-15/h1-8,14,20H,9H2,(H2,17,18,19). The third kappa shape index (κ3) is 2.61. The lowest BCUT2D eigenvalue weighted by Gasteiger charge is -2.12. The number of hydrogen-bond donors (Lipinski definition) is 3. The molecule has 1 heterocycles. The van der Waals surface area contributed by atoms with Crippen molar-refractivity contribution in [2.45, 2.75) is 6.10 Å². The molecule has 1 atom stereocenters. The maximum atomic E-state index is 10.1. The first-order chi connectivity index (χ1) is 9.74. The molecule has 0 radical (unpaired) electrons. The quantitative estimate of drug-likeness (QED) is 0.689. The van der Waals surface area contributed by atoms with Gasteiger partial charge in [-0.05, 0) is 18.2 Å². The van der Waals surface area contributed by atoms with E-state index in [-0.39, 0.29) is 0 Å². The van der Waals surface area contributed by atoms with Crippen LogP contribution in [0.15, 0.2) is 48.5 Å². The summed E-state index contributed by atoms with van der Waals surface area (Å²) in [5, 5.41) is 13.8. The summed E-state index contributed by atoms with van der Waals surface area (Å²) in [5.74, 6) is 0.636. The summed E-state index contributed by atoms with van der Waals surface area (Å²) < 4.78 is 0. The third-order valence-corrected chi connectivity index (χ3v) is 3.46. The fraction of sp³-hybridized carbons (Fsp3) is 0.133. The van der Waals surface area contributed by atoms with Gasteiger partial charge in [0.1, 0.15) is 0 Å². The predicted molar refractivity (Wildman–Crippen MR) is 81.0 cm³/mol. The number of fused-ring (bicyclic) bond motifs is 1. The summed E-state index contributed by atoms with van der Waals surface area (Å²) >= 11 is 6.05. The largest absolute Gasteiger partial charge is 0.387 e. The molecule has 0 saturated heterocycles. The number of nitrogens with one attached hydrogen (secondary N) is 2. The Labute approximate surface area is 121 Å². The van der Waals surface area contributed by atoms with Crippen molar-refractivity contribution in [3.05, 3.63) is 59.1 Å². The first-order valence-corrected chi connectivity index (χ1v) is 6.73. The van der Waals surface area contributed by atoms with Gasteiger partial charge in [0.25, 0.3) is 0 Å². The maximum absolute atomic E-state index is 10.1. The van der Waals surface area contributed by atoms with Crippen molar-refractivity contribution < 1.29 is 5.11 Å². The van der Waals surface area contributed by atoms with E-state index in [1.807, 2.05) is 42.5 Å². The summed E-state index contributed by atoms with van der Waals surface area (Å²) in [7, 11) is 0. The topological polar surface area (TPSA) is 60.9 Å². The molecule has 3 aromatic rings. The van der Waals surface area contributed by atoms with Gasteiger partial charge in [-0.15, -0.1) is 0 Å². The van der Waals surface area contributed by atoms with E-state index < -0.39 is 6.10 Å². The van der Waals surface area contributed by atoms with Crippen molar-refractivity contribution in [1.82, 2.24) is 9.97 Å². The average Bonchev–Trinajstić information content (AvgIpc) is 2.88. The number of para-hydroxylation sites is 2. The molecule has 0 bridgehead atoms. The van der Waals surface area contributed by atoms with Crippen molar-refractivity contribution in [1.29, 1.82) is 0 Å². The molecule has 0 spiro atoms.